The van der Waals surface area contributed by atoms with Crippen molar-refractivity contribution in [1.29, 1.82) is 0 Å². The molecule has 0 saturated heterocycles. The maximum atomic E-state index is 10.5. The summed E-state index contributed by atoms with van der Waals surface area (Å²) in [6.45, 7) is 17.4. The zero-order valence-corrected chi connectivity index (χ0v) is 18.8. The van der Waals surface area contributed by atoms with E-state index in [0.717, 1.165) is 12.2 Å². The first-order valence-corrected chi connectivity index (χ1v) is 8.47. The van der Waals surface area contributed by atoms with Crippen molar-refractivity contribution in [2.45, 2.75) is 41.0 Å². The van der Waals surface area contributed by atoms with Crippen LogP contribution in [0.5, 0.6) is 0 Å². The van der Waals surface area contributed by atoms with Gasteiger partial charge in [-0.3, -0.25) is 24.0 Å². The molecule has 0 aromatic carbocycles. The van der Waals surface area contributed by atoms with Crippen LogP contribution in [0, 0.1) is 0 Å². The van der Waals surface area contributed by atoms with Crippen molar-refractivity contribution >= 4 is 35.1 Å². The Bertz CT molecular complexity index is 669. The third-order valence-electron chi connectivity index (χ3n) is 2.63. The molecule has 0 saturated carbocycles. The Morgan fingerprint density at radius 1 is 0.733 bits per heavy atom. The largest absolute Gasteiger partial charge is 0.469 e. The van der Waals surface area contributed by atoms with Crippen LogP contribution in [0.4, 0.5) is 0 Å². The lowest BCUT2D eigenvalue weighted by Crippen LogP contribution is -2.05. The molecule has 168 valence electrons. The minimum Gasteiger partial charge on any atom is -0.469 e. The van der Waals surface area contributed by atoms with Crippen LogP contribution in [0.1, 0.15) is 41.0 Å². The highest BCUT2D eigenvalue weighted by molar-refractivity contribution is 5.97. The van der Waals surface area contributed by atoms with Crippen molar-refractivity contribution in [1.82, 2.24) is 0 Å². The first-order valence-electron chi connectivity index (χ1n) is 8.47. The molecule has 0 atom stereocenters. The van der Waals surface area contributed by atoms with Gasteiger partial charge in [-0.05, 0) is 57.9 Å². The monoisotopic (exact) mass is 424 g/mol. The second-order valence-corrected chi connectivity index (χ2v) is 5.53. The molecule has 30 heavy (non-hydrogen) atoms. The summed E-state index contributed by atoms with van der Waals surface area (Å²) >= 11 is 0. The van der Waals surface area contributed by atoms with Gasteiger partial charge in [0.05, 0.1) is 20.6 Å². The fourth-order valence-corrected chi connectivity index (χ4v) is 0.624. The molecule has 0 spiro atoms. The first kappa shape index (κ1) is 34.1. The third kappa shape index (κ3) is 35.6. The van der Waals surface area contributed by atoms with E-state index in [1.54, 1.807) is 6.92 Å². The molecule has 0 aliphatic heterocycles. The molecule has 8 heteroatoms. The van der Waals surface area contributed by atoms with E-state index in [-0.39, 0.29) is 35.1 Å². The van der Waals surface area contributed by atoms with Crippen LogP contribution < -0.4 is 0 Å². The molecular formula is C22H32O8. The Morgan fingerprint density at radius 3 is 1.33 bits per heavy atom. The number of esters is 2. The van der Waals surface area contributed by atoms with Crippen LogP contribution in [0.15, 0.2) is 49.1 Å². The van der Waals surface area contributed by atoms with Gasteiger partial charge in [-0.2, -0.15) is 0 Å². The first-order chi connectivity index (χ1) is 13.7. The number of methoxy groups -OCH3 is 2. The average molecular weight is 424 g/mol. The molecule has 0 heterocycles. The number of hydrogen-bond acceptors (Lipinski definition) is 8. The SMILES string of the molecule is C=C(C)C(C)=O.C=C(CC(=O)OC)C(C)=O.C=CC(C)=O.COC(=O)/C=C/C(C)=O. The molecule has 8 nitrogen and oxygen atoms in total. The summed E-state index contributed by atoms with van der Waals surface area (Å²) in [5.74, 6) is -1.20. The van der Waals surface area contributed by atoms with Crippen LogP contribution in [0.3, 0.4) is 0 Å². The summed E-state index contributed by atoms with van der Waals surface area (Å²) in [6.07, 6.45) is 3.51. The van der Waals surface area contributed by atoms with Crippen molar-refractivity contribution < 1.29 is 38.2 Å². The van der Waals surface area contributed by atoms with Gasteiger partial charge in [-0.25, -0.2) is 4.79 Å². The molecule has 0 aromatic rings. The number of Topliss-reactive ketones (excluding diaryl/α,β-unsaturated/α-hetero) is 2. The molecule has 0 unspecified atom stereocenters. The molecule has 0 rings (SSSR count). The van der Waals surface area contributed by atoms with Gasteiger partial charge in [0.15, 0.2) is 23.1 Å². The molecule has 0 bridgehead atoms. The van der Waals surface area contributed by atoms with E-state index in [1.165, 1.54) is 48.0 Å². The summed E-state index contributed by atoms with van der Waals surface area (Å²) in [7, 11) is 2.53. The van der Waals surface area contributed by atoms with Crippen molar-refractivity contribution in [2.75, 3.05) is 14.2 Å². The van der Waals surface area contributed by atoms with E-state index < -0.39 is 11.9 Å². The molecule has 0 radical (unpaired) electrons. The van der Waals surface area contributed by atoms with Crippen molar-refractivity contribution in [2.24, 2.45) is 0 Å². The summed E-state index contributed by atoms with van der Waals surface area (Å²) in [4.78, 5) is 61.1. The van der Waals surface area contributed by atoms with Crippen molar-refractivity contribution in [3.63, 3.8) is 0 Å². The Balaban J connectivity index is -0.000000156. The highest BCUT2D eigenvalue weighted by Crippen LogP contribution is 1.99. The van der Waals surface area contributed by atoms with E-state index in [4.69, 9.17) is 0 Å². The van der Waals surface area contributed by atoms with E-state index in [2.05, 4.69) is 29.2 Å². The molecule has 0 amide bonds. The summed E-state index contributed by atoms with van der Waals surface area (Å²) in [6, 6.07) is 0. The number of carbonyl (C=O) groups is 6. The zero-order valence-electron chi connectivity index (χ0n) is 18.8. The van der Waals surface area contributed by atoms with E-state index in [9.17, 15) is 28.8 Å². The lowest BCUT2D eigenvalue weighted by atomic mass is 10.1. The van der Waals surface area contributed by atoms with Crippen molar-refractivity contribution in [3.05, 3.63) is 49.1 Å². The normalized spacial score (nSPS) is 8.37. The average Bonchev–Trinajstić information content (AvgIpc) is 2.66. The number of rotatable bonds is 7. The fourth-order valence-electron chi connectivity index (χ4n) is 0.624. The van der Waals surface area contributed by atoms with Crippen LogP contribution in [0.25, 0.3) is 0 Å². The Hall–Kier alpha value is -3.42. The smallest absolute Gasteiger partial charge is 0.330 e. The maximum Gasteiger partial charge on any atom is 0.330 e. The summed E-state index contributed by atoms with van der Waals surface area (Å²) in [5.41, 5.74) is 0.904. The Labute approximate surface area is 178 Å². The van der Waals surface area contributed by atoms with Gasteiger partial charge < -0.3 is 9.47 Å². The van der Waals surface area contributed by atoms with Gasteiger partial charge in [-0.1, -0.05) is 19.7 Å². The molecule has 0 aromatic heterocycles. The zero-order chi connectivity index (χ0) is 24.9. The predicted molar refractivity (Wildman–Crippen MR) is 115 cm³/mol. The second kappa shape index (κ2) is 21.9. The highest BCUT2D eigenvalue weighted by Gasteiger charge is 2.06. The topological polar surface area (TPSA) is 121 Å². The van der Waals surface area contributed by atoms with E-state index >= 15 is 0 Å². The summed E-state index contributed by atoms with van der Waals surface area (Å²) < 4.78 is 8.54. The third-order valence-corrected chi connectivity index (χ3v) is 2.63. The minimum absolute atomic E-state index is 0.00810. The molecule has 0 aliphatic rings. The quantitative estimate of drug-likeness (QED) is 0.452. The maximum absolute atomic E-state index is 10.5. The Morgan fingerprint density at radius 2 is 1.13 bits per heavy atom. The number of ketones is 4. The molecule has 0 aliphatic carbocycles. The van der Waals surface area contributed by atoms with Gasteiger partial charge in [0.2, 0.25) is 0 Å². The van der Waals surface area contributed by atoms with Crippen molar-refractivity contribution in [3.8, 4) is 0 Å². The molecule has 0 fully saturated rings. The van der Waals surface area contributed by atoms with Gasteiger partial charge in [-0.15, -0.1) is 0 Å². The van der Waals surface area contributed by atoms with E-state index in [1.807, 2.05) is 0 Å². The van der Waals surface area contributed by atoms with Gasteiger partial charge in [0.1, 0.15) is 0 Å². The number of hydrogen-bond donors (Lipinski definition) is 0. The molecular weight excluding hydrogens is 392 g/mol. The molecule has 0 N–H and O–H groups in total. The van der Waals surface area contributed by atoms with Gasteiger partial charge >= 0.3 is 11.9 Å². The van der Waals surface area contributed by atoms with Crippen LogP contribution in [0.2, 0.25) is 0 Å². The van der Waals surface area contributed by atoms with Crippen LogP contribution in [-0.2, 0) is 38.2 Å². The van der Waals surface area contributed by atoms with Crippen LogP contribution in [-0.4, -0.2) is 49.3 Å². The standard InChI is InChI=1S/C7H10O3.C6H8O3.C5H8O.C4H6O/c1-5(6(2)8)4-7(9)10-3;1-5(7)3-4-6(8)9-2;1-4(2)5(3)6;1-3-4(2)5/h1,4H2,2-3H3;3-4H,1-2H3;1H2,2-3H3;3H,1H2,2H3/b;4-3+;;. The van der Waals surface area contributed by atoms with Crippen LogP contribution >= 0.6 is 0 Å². The predicted octanol–water partition coefficient (Wildman–Crippen LogP) is 2.91. The van der Waals surface area contributed by atoms with E-state index in [0.29, 0.717) is 5.57 Å². The lowest BCUT2D eigenvalue weighted by Gasteiger charge is -1.97. The van der Waals surface area contributed by atoms with Gasteiger partial charge in [0.25, 0.3) is 0 Å². The summed E-state index contributed by atoms with van der Waals surface area (Å²) in [5, 5.41) is 0. The minimum atomic E-state index is -0.509. The highest BCUT2D eigenvalue weighted by atomic mass is 16.5. The number of carbonyl (C=O) groups excluding carboxylic acids is 6. The number of ether oxygens (including phenoxy) is 2. The lowest BCUT2D eigenvalue weighted by molar-refractivity contribution is -0.140. The van der Waals surface area contributed by atoms with Gasteiger partial charge in [0, 0.05) is 6.08 Å². The Kier molecular flexibility index (Phi) is 24.9. The fraction of sp³-hybridized carbons (Fsp3) is 0.364. The number of allylic oxidation sites excluding steroid dienone is 3. The second-order valence-electron chi connectivity index (χ2n) is 5.53.